The number of carboxylic acid groups (broad SMARTS) is 1. The molecule has 0 spiro atoms. The Morgan fingerprint density at radius 1 is 1.26 bits per heavy atom. The third-order valence-electron chi connectivity index (χ3n) is 3.78. The summed E-state index contributed by atoms with van der Waals surface area (Å²) in [7, 11) is 1.89. The van der Waals surface area contributed by atoms with Crippen LogP contribution in [-0.2, 0) is 34.3 Å². The molecular weight excluding hydrogens is 352 g/mol. The van der Waals surface area contributed by atoms with E-state index in [1.807, 2.05) is 34.9 Å². The molecule has 0 saturated heterocycles. The maximum absolute atomic E-state index is 12.3. The highest BCUT2D eigenvalue weighted by Gasteiger charge is 2.21. The highest BCUT2D eigenvalue weighted by Crippen LogP contribution is 2.18. The number of nitrogens with zero attached hydrogens (tertiary/aromatic N) is 2. The molecule has 0 saturated carbocycles. The number of rotatable bonds is 9. The first-order chi connectivity index (χ1) is 12.9. The molecule has 0 amide bonds. The van der Waals surface area contributed by atoms with Gasteiger partial charge in [-0.15, -0.1) is 0 Å². The molecular formula is C19H21N2O6+. The number of carbonyl (C=O) groups excluding carboxylic acids is 2. The Morgan fingerprint density at radius 3 is 2.63 bits per heavy atom. The number of hydrogen-bond donors (Lipinski definition) is 1. The van der Waals surface area contributed by atoms with Crippen molar-refractivity contribution >= 4 is 17.9 Å². The van der Waals surface area contributed by atoms with E-state index >= 15 is 0 Å². The lowest BCUT2D eigenvalue weighted by molar-refractivity contribution is -0.671. The van der Waals surface area contributed by atoms with Gasteiger partial charge in [0.15, 0.2) is 0 Å². The summed E-state index contributed by atoms with van der Waals surface area (Å²) < 4.78 is 13.5. The fraction of sp³-hybridized carbons (Fsp3) is 0.263. The van der Waals surface area contributed by atoms with Crippen LogP contribution < -0.4 is 4.57 Å². The minimum absolute atomic E-state index is 0.0342. The number of esters is 2. The SMILES string of the molecule is C=CC(=O)OCCOC(=O)c1cccc(CCn2cc[n+](C)c2)c1C(=O)O. The standard InChI is InChI=1S/C19H20N2O6/c1-3-16(22)26-11-12-27-19(25)15-6-4-5-14(17(15)18(23)24)7-8-21-10-9-20(2)13-21/h3-6,9-10,13H,1,7-8,11-12H2,2H3/p+1. The molecule has 142 valence electrons. The van der Waals surface area contributed by atoms with Crippen LogP contribution in [0.1, 0.15) is 26.3 Å². The summed E-state index contributed by atoms with van der Waals surface area (Å²) in [6.45, 7) is 3.50. The summed E-state index contributed by atoms with van der Waals surface area (Å²) in [6, 6.07) is 4.70. The van der Waals surface area contributed by atoms with E-state index < -0.39 is 17.9 Å². The van der Waals surface area contributed by atoms with Crippen molar-refractivity contribution in [3.05, 3.63) is 66.3 Å². The van der Waals surface area contributed by atoms with E-state index in [0.29, 0.717) is 18.5 Å². The third kappa shape index (κ3) is 5.53. The number of carboxylic acids is 1. The summed E-state index contributed by atoms with van der Waals surface area (Å²) in [6.07, 6.45) is 7.07. The van der Waals surface area contributed by atoms with E-state index in [2.05, 4.69) is 6.58 Å². The second-order valence-electron chi connectivity index (χ2n) is 5.72. The van der Waals surface area contributed by atoms with Crippen molar-refractivity contribution in [2.24, 2.45) is 7.05 Å². The van der Waals surface area contributed by atoms with Gasteiger partial charge in [-0.2, -0.15) is 0 Å². The summed E-state index contributed by atoms with van der Waals surface area (Å²) in [5.41, 5.74) is 0.418. The van der Waals surface area contributed by atoms with Gasteiger partial charge in [-0.25, -0.2) is 23.5 Å². The van der Waals surface area contributed by atoms with Crippen LogP contribution in [0, 0.1) is 0 Å². The number of imidazole rings is 1. The van der Waals surface area contributed by atoms with E-state index in [0.717, 1.165) is 6.08 Å². The molecule has 0 fully saturated rings. The Hall–Kier alpha value is -3.42. The number of ether oxygens (including phenoxy) is 2. The molecule has 1 aromatic carbocycles. The van der Waals surface area contributed by atoms with E-state index in [1.54, 1.807) is 12.1 Å². The fourth-order valence-corrected chi connectivity index (χ4v) is 2.53. The zero-order chi connectivity index (χ0) is 19.8. The number of carbonyl (C=O) groups is 3. The molecule has 0 radical (unpaired) electrons. The number of aryl methyl sites for hydroxylation is 3. The van der Waals surface area contributed by atoms with Gasteiger partial charge in [0, 0.05) is 12.5 Å². The fourth-order valence-electron chi connectivity index (χ4n) is 2.53. The Labute approximate surface area is 156 Å². The zero-order valence-electron chi connectivity index (χ0n) is 15.0. The number of aromatic nitrogens is 2. The topological polar surface area (TPSA) is 98.7 Å². The summed E-state index contributed by atoms with van der Waals surface area (Å²) in [4.78, 5) is 34.9. The maximum Gasteiger partial charge on any atom is 0.339 e. The van der Waals surface area contributed by atoms with E-state index in [-0.39, 0.29) is 24.3 Å². The van der Waals surface area contributed by atoms with Gasteiger partial charge in [-0.3, -0.25) is 0 Å². The minimum Gasteiger partial charge on any atom is -0.478 e. The molecule has 1 heterocycles. The molecule has 0 aliphatic rings. The Kier molecular flexibility index (Phi) is 6.87. The number of hydrogen-bond acceptors (Lipinski definition) is 5. The van der Waals surface area contributed by atoms with Gasteiger partial charge < -0.3 is 14.6 Å². The molecule has 8 heteroatoms. The monoisotopic (exact) mass is 373 g/mol. The van der Waals surface area contributed by atoms with Crippen LogP contribution >= 0.6 is 0 Å². The Morgan fingerprint density at radius 2 is 2.00 bits per heavy atom. The molecule has 2 rings (SSSR count). The molecule has 0 aliphatic heterocycles. The van der Waals surface area contributed by atoms with Crippen LogP contribution in [0.25, 0.3) is 0 Å². The lowest BCUT2D eigenvalue weighted by Gasteiger charge is -2.11. The van der Waals surface area contributed by atoms with Crippen LogP contribution in [-0.4, -0.2) is 40.8 Å². The van der Waals surface area contributed by atoms with E-state index in [1.165, 1.54) is 6.07 Å². The second kappa shape index (κ2) is 9.33. The summed E-state index contributed by atoms with van der Waals surface area (Å²) >= 11 is 0. The van der Waals surface area contributed by atoms with Gasteiger partial charge >= 0.3 is 17.9 Å². The van der Waals surface area contributed by atoms with Gasteiger partial charge in [0.25, 0.3) is 0 Å². The van der Waals surface area contributed by atoms with Crippen molar-refractivity contribution in [2.75, 3.05) is 13.2 Å². The van der Waals surface area contributed by atoms with Gasteiger partial charge in [0.05, 0.1) is 24.7 Å². The molecule has 2 aromatic rings. The van der Waals surface area contributed by atoms with Crippen molar-refractivity contribution in [3.63, 3.8) is 0 Å². The van der Waals surface area contributed by atoms with E-state index in [4.69, 9.17) is 9.47 Å². The first-order valence-electron chi connectivity index (χ1n) is 8.25. The second-order valence-corrected chi connectivity index (χ2v) is 5.72. The summed E-state index contributed by atoms with van der Waals surface area (Å²) in [5.74, 6) is -2.61. The minimum atomic E-state index is -1.20. The van der Waals surface area contributed by atoms with Gasteiger partial charge in [0.2, 0.25) is 6.33 Å². The number of aromatic carboxylic acids is 1. The Balaban J connectivity index is 2.09. The molecule has 8 nitrogen and oxygen atoms in total. The van der Waals surface area contributed by atoms with Crippen molar-refractivity contribution < 1.29 is 33.5 Å². The molecule has 0 aliphatic carbocycles. The van der Waals surface area contributed by atoms with E-state index in [9.17, 15) is 19.5 Å². The van der Waals surface area contributed by atoms with Crippen LogP contribution in [0.15, 0.2) is 49.6 Å². The molecule has 0 unspecified atom stereocenters. The van der Waals surface area contributed by atoms with Gasteiger partial charge in [-0.1, -0.05) is 18.7 Å². The average Bonchev–Trinajstić information content (AvgIpc) is 3.07. The highest BCUT2D eigenvalue weighted by atomic mass is 16.6. The first-order valence-corrected chi connectivity index (χ1v) is 8.25. The lowest BCUT2D eigenvalue weighted by Crippen LogP contribution is -2.24. The molecule has 1 aromatic heterocycles. The van der Waals surface area contributed by atoms with Gasteiger partial charge in [0.1, 0.15) is 25.6 Å². The molecule has 27 heavy (non-hydrogen) atoms. The van der Waals surface area contributed by atoms with Crippen LogP contribution in [0.3, 0.4) is 0 Å². The molecule has 1 N–H and O–H groups in total. The van der Waals surface area contributed by atoms with Crippen molar-refractivity contribution in [3.8, 4) is 0 Å². The lowest BCUT2D eigenvalue weighted by atomic mass is 9.98. The van der Waals surface area contributed by atoms with Crippen LogP contribution in [0.5, 0.6) is 0 Å². The van der Waals surface area contributed by atoms with Crippen LogP contribution in [0.4, 0.5) is 0 Å². The molecule has 0 atom stereocenters. The predicted molar refractivity (Wildman–Crippen MR) is 94.2 cm³/mol. The predicted octanol–water partition coefficient (Wildman–Crippen LogP) is 1.14. The molecule has 0 bridgehead atoms. The smallest absolute Gasteiger partial charge is 0.339 e. The van der Waals surface area contributed by atoms with Crippen molar-refractivity contribution in [1.82, 2.24) is 4.57 Å². The zero-order valence-corrected chi connectivity index (χ0v) is 15.0. The van der Waals surface area contributed by atoms with Crippen LogP contribution in [0.2, 0.25) is 0 Å². The summed E-state index contributed by atoms with van der Waals surface area (Å²) in [5, 5.41) is 9.57. The normalized spacial score (nSPS) is 10.3. The number of benzene rings is 1. The average molecular weight is 373 g/mol. The Bertz CT molecular complexity index is 856. The van der Waals surface area contributed by atoms with Crippen molar-refractivity contribution in [1.29, 1.82) is 0 Å². The third-order valence-corrected chi connectivity index (χ3v) is 3.78. The first kappa shape index (κ1) is 19.9. The maximum atomic E-state index is 12.3. The van der Waals surface area contributed by atoms with Crippen molar-refractivity contribution in [2.45, 2.75) is 13.0 Å². The van der Waals surface area contributed by atoms with Gasteiger partial charge in [-0.05, 0) is 11.6 Å². The largest absolute Gasteiger partial charge is 0.478 e. The highest BCUT2D eigenvalue weighted by molar-refractivity contribution is 6.03. The quantitative estimate of drug-likeness (QED) is 0.306.